The van der Waals surface area contributed by atoms with E-state index in [2.05, 4.69) is 15.0 Å². The van der Waals surface area contributed by atoms with Gasteiger partial charge in [-0.1, -0.05) is 0 Å². The molecule has 1 fully saturated rings. The summed E-state index contributed by atoms with van der Waals surface area (Å²) in [5, 5.41) is 2.75. The van der Waals surface area contributed by atoms with Gasteiger partial charge in [0.25, 0.3) is 0 Å². The first kappa shape index (κ1) is 17.1. The summed E-state index contributed by atoms with van der Waals surface area (Å²) >= 11 is 0. The van der Waals surface area contributed by atoms with Crippen molar-refractivity contribution in [3.63, 3.8) is 0 Å². The monoisotopic (exact) mass is 347 g/mol. The standard InChI is InChI=1S/C17H18FN3O4/c1-24-15(22)8-14-16(23)19-6-7-21(14)9-13-10-25-17(20-13)11-2-4-12(18)5-3-11/h2-5,10,14H,6-9H2,1H3,(H,19,23)/t14-/m1/s1. The Hall–Kier alpha value is -2.74. The maximum atomic E-state index is 13.0. The highest BCUT2D eigenvalue weighted by atomic mass is 19.1. The SMILES string of the molecule is COC(=O)C[C@@H]1C(=O)NCCN1Cc1coc(-c2ccc(F)cc2)n1. The molecule has 2 aromatic rings. The smallest absolute Gasteiger partial charge is 0.307 e. The highest BCUT2D eigenvalue weighted by Gasteiger charge is 2.32. The molecule has 1 aliphatic heterocycles. The molecule has 0 aliphatic carbocycles. The second-order valence-electron chi connectivity index (χ2n) is 5.71. The third-order valence-corrected chi connectivity index (χ3v) is 4.04. The van der Waals surface area contributed by atoms with Gasteiger partial charge in [-0.15, -0.1) is 0 Å². The number of hydrogen-bond donors (Lipinski definition) is 1. The van der Waals surface area contributed by atoms with E-state index in [-0.39, 0.29) is 18.1 Å². The minimum Gasteiger partial charge on any atom is -0.469 e. The van der Waals surface area contributed by atoms with Gasteiger partial charge in [0.1, 0.15) is 18.1 Å². The summed E-state index contributed by atoms with van der Waals surface area (Å²) in [5.74, 6) is -0.611. The first-order chi connectivity index (χ1) is 12.1. The number of rotatable bonds is 5. The Labute approximate surface area is 143 Å². The fourth-order valence-electron chi connectivity index (χ4n) is 2.73. The van der Waals surface area contributed by atoms with Crippen LogP contribution in [-0.4, -0.2) is 48.0 Å². The Bertz CT molecular complexity index is 760. The van der Waals surface area contributed by atoms with E-state index >= 15 is 0 Å². The fourth-order valence-corrected chi connectivity index (χ4v) is 2.73. The van der Waals surface area contributed by atoms with Crippen molar-refractivity contribution < 1.29 is 23.1 Å². The number of esters is 1. The summed E-state index contributed by atoms with van der Waals surface area (Å²) in [7, 11) is 1.29. The third kappa shape index (κ3) is 4.03. The van der Waals surface area contributed by atoms with Crippen molar-refractivity contribution in [2.75, 3.05) is 20.2 Å². The van der Waals surface area contributed by atoms with E-state index in [9.17, 15) is 14.0 Å². The van der Waals surface area contributed by atoms with Gasteiger partial charge < -0.3 is 14.5 Å². The molecule has 1 aliphatic rings. The van der Waals surface area contributed by atoms with Crippen molar-refractivity contribution >= 4 is 11.9 Å². The number of aromatic nitrogens is 1. The van der Waals surface area contributed by atoms with E-state index < -0.39 is 12.0 Å². The quantitative estimate of drug-likeness (QED) is 0.822. The van der Waals surface area contributed by atoms with Gasteiger partial charge in [-0.25, -0.2) is 9.37 Å². The van der Waals surface area contributed by atoms with E-state index in [1.807, 2.05) is 4.90 Å². The van der Waals surface area contributed by atoms with Gasteiger partial charge >= 0.3 is 5.97 Å². The van der Waals surface area contributed by atoms with E-state index in [4.69, 9.17) is 4.42 Å². The predicted octanol–water partition coefficient (Wildman–Crippen LogP) is 1.34. The molecule has 1 amide bonds. The zero-order valence-electron chi connectivity index (χ0n) is 13.7. The molecule has 0 bridgehead atoms. The maximum Gasteiger partial charge on any atom is 0.307 e. The van der Waals surface area contributed by atoms with Crippen LogP contribution in [0.4, 0.5) is 4.39 Å². The lowest BCUT2D eigenvalue weighted by molar-refractivity contribution is -0.146. The summed E-state index contributed by atoms with van der Waals surface area (Å²) < 4.78 is 23.1. The molecule has 7 nitrogen and oxygen atoms in total. The number of ether oxygens (including phenoxy) is 1. The molecule has 0 spiro atoms. The Morgan fingerprint density at radius 2 is 2.20 bits per heavy atom. The second-order valence-corrected chi connectivity index (χ2v) is 5.71. The lowest BCUT2D eigenvalue weighted by Crippen LogP contribution is -2.55. The van der Waals surface area contributed by atoms with Crippen LogP contribution in [0.25, 0.3) is 11.5 Å². The van der Waals surface area contributed by atoms with Crippen LogP contribution in [0.1, 0.15) is 12.1 Å². The molecule has 8 heteroatoms. The van der Waals surface area contributed by atoms with Gasteiger partial charge in [0.15, 0.2) is 0 Å². The highest BCUT2D eigenvalue weighted by molar-refractivity contribution is 5.87. The average molecular weight is 347 g/mol. The molecule has 3 rings (SSSR count). The van der Waals surface area contributed by atoms with Crippen LogP contribution in [0.2, 0.25) is 0 Å². The molecule has 1 saturated heterocycles. The molecule has 1 aromatic heterocycles. The Morgan fingerprint density at radius 3 is 2.92 bits per heavy atom. The van der Waals surface area contributed by atoms with Crippen LogP contribution in [0.15, 0.2) is 34.9 Å². The lowest BCUT2D eigenvalue weighted by Gasteiger charge is -2.33. The first-order valence-electron chi connectivity index (χ1n) is 7.85. The Balaban J connectivity index is 1.73. The minimum absolute atomic E-state index is 0.0228. The van der Waals surface area contributed by atoms with Crippen LogP contribution in [0.5, 0.6) is 0 Å². The second kappa shape index (κ2) is 7.43. The summed E-state index contributed by atoms with van der Waals surface area (Å²) in [6.45, 7) is 1.45. The molecule has 1 atom stereocenters. The molecule has 132 valence electrons. The van der Waals surface area contributed by atoms with E-state index in [1.165, 1.54) is 25.5 Å². The van der Waals surface area contributed by atoms with Crippen molar-refractivity contribution in [2.45, 2.75) is 19.0 Å². The largest absolute Gasteiger partial charge is 0.469 e. The molecule has 1 N–H and O–H groups in total. The number of piperazine rings is 1. The molecular formula is C17H18FN3O4. The zero-order chi connectivity index (χ0) is 17.8. The van der Waals surface area contributed by atoms with Crippen LogP contribution in [0, 0.1) is 5.82 Å². The topological polar surface area (TPSA) is 84.7 Å². The number of nitrogens with one attached hydrogen (secondary N) is 1. The number of methoxy groups -OCH3 is 1. The van der Waals surface area contributed by atoms with Crippen molar-refractivity contribution in [1.29, 1.82) is 0 Å². The van der Waals surface area contributed by atoms with Crippen molar-refractivity contribution in [2.24, 2.45) is 0 Å². The highest BCUT2D eigenvalue weighted by Crippen LogP contribution is 2.21. The van der Waals surface area contributed by atoms with Gasteiger partial charge in [0, 0.05) is 25.2 Å². The van der Waals surface area contributed by atoms with Crippen molar-refractivity contribution in [1.82, 2.24) is 15.2 Å². The molecule has 0 saturated carbocycles. The minimum atomic E-state index is -0.604. The average Bonchev–Trinajstić information content (AvgIpc) is 3.07. The summed E-state index contributed by atoms with van der Waals surface area (Å²) in [5.41, 5.74) is 1.29. The number of halogens is 1. The van der Waals surface area contributed by atoms with Crippen LogP contribution in [0.3, 0.4) is 0 Å². The van der Waals surface area contributed by atoms with Crippen LogP contribution in [-0.2, 0) is 20.9 Å². The first-order valence-corrected chi connectivity index (χ1v) is 7.85. The Morgan fingerprint density at radius 1 is 1.44 bits per heavy atom. The lowest BCUT2D eigenvalue weighted by atomic mass is 10.1. The van der Waals surface area contributed by atoms with Gasteiger partial charge in [0.05, 0.1) is 19.2 Å². The van der Waals surface area contributed by atoms with Crippen LogP contribution < -0.4 is 5.32 Å². The normalized spacial score (nSPS) is 18.0. The molecular weight excluding hydrogens is 329 g/mol. The number of amides is 1. The summed E-state index contributed by atoms with van der Waals surface area (Å²) in [6.07, 6.45) is 1.48. The number of benzene rings is 1. The molecule has 0 radical (unpaired) electrons. The molecule has 2 heterocycles. The number of oxazole rings is 1. The van der Waals surface area contributed by atoms with Crippen molar-refractivity contribution in [3.8, 4) is 11.5 Å². The zero-order valence-corrected chi connectivity index (χ0v) is 13.7. The fraction of sp³-hybridized carbons (Fsp3) is 0.353. The summed E-state index contributed by atoms with van der Waals surface area (Å²) in [4.78, 5) is 29.9. The van der Waals surface area contributed by atoms with Crippen molar-refractivity contribution in [3.05, 3.63) is 42.0 Å². The van der Waals surface area contributed by atoms with Gasteiger partial charge in [0.2, 0.25) is 11.8 Å². The van der Waals surface area contributed by atoms with E-state index in [1.54, 1.807) is 12.1 Å². The number of carbonyl (C=O) groups is 2. The molecule has 25 heavy (non-hydrogen) atoms. The number of carbonyl (C=O) groups excluding carboxylic acids is 2. The Kier molecular flexibility index (Phi) is 5.08. The molecule has 0 unspecified atom stereocenters. The third-order valence-electron chi connectivity index (χ3n) is 4.04. The number of nitrogens with zero attached hydrogens (tertiary/aromatic N) is 2. The number of hydrogen-bond acceptors (Lipinski definition) is 6. The predicted molar refractivity (Wildman–Crippen MR) is 85.7 cm³/mol. The van der Waals surface area contributed by atoms with E-state index in [0.29, 0.717) is 36.8 Å². The van der Waals surface area contributed by atoms with Crippen LogP contribution >= 0.6 is 0 Å². The van der Waals surface area contributed by atoms with E-state index in [0.717, 1.165) is 0 Å². The maximum absolute atomic E-state index is 13.0. The molecule has 1 aromatic carbocycles. The summed E-state index contributed by atoms with van der Waals surface area (Å²) in [6, 6.07) is 5.23. The van der Waals surface area contributed by atoms with Gasteiger partial charge in [-0.3, -0.25) is 14.5 Å². The van der Waals surface area contributed by atoms with Gasteiger partial charge in [-0.2, -0.15) is 0 Å². The van der Waals surface area contributed by atoms with Gasteiger partial charge in [-0.05, 0) is 24.3 Å².